The van der Waals surface area contributed by atoms with Gasteiger partial charge in [-0.05, 0) is 32.7 Å². The molecule has 1 aromatic rings. The number of nitrogens with one attached hydrogen (secondary N) is 1. The Bertz CT molecular complexity index is 288. The molecule has 0 aromatic carbocycles. The largest absolute Gasteiger partial charge is 0.330 e. The van der Waals surface area contributed by atoms with Crippen molar-refractivity contribution in [1.82, 2.24) is 14.9 Å². The van der Waals surface area contributed by atoms with Crippen molar-refractivity contribution in [3.05, 3.63) is 18.2 Å². The predicted octanol–water partition coefficient (Wildman–Crippen LogP) is 1.96. The zero-order chi connectivity index (χ0) is 9.97. The maximum Gasteiger partial charge on any atom is 0.0951 e. The van der Waals surface area contributed by atoms with Crippen LogP contribution in [0.15, 0.2) is 12.5 Å². The van der Waals surface area contributed by atoms with Crippen LogP contribution in [0.2, 0.25) is 0 Å². The number of nitrogens with zero attached hydrogens (tertiary/aromatic N) is 2. The Labute approximate surface area is 85.5 Å². The van der Waals surface area contributed by atoms with Crippen LogP contribution >= 0.6 is 0 Å². The van der Waals surface area contributed by atoms with Crippen molar-refractivity contribution in [2.75, 3.05) is 7.05 Å². The highest BCUT2D eigenvalue weighted by molar-refractivity contribution is 5.01. The second-order valence-corrected chi connectivity index (χ2v) is 4.25. The molecule has 0 radical (unpaired) electrons. The van der Waals surface area contributed by atoms with E-state index < -0.39 is 0 Å². The number of hydrogen-bond acceptors (Lipinski definition) is 2. The summed E-state index contributed by atoms with van der Waals surface area (Å²) in [6.07, 6.45) is 8.11. The van der Waals surface area contributed by atoms with Gasteiger partial charge in [0.15, 0.2) is 0 Å². The van der Waals surface area contributed by atoms with Gasteiger partial charge in [0.2, 0.25) is 0 Å². The molecule has 0 saturated heterocycles. The van der Waals surface area contributed by atoms with Crippen LogP contribution in [-0.2, 0) is 6.54 Å². The van der Waals surface area contributed by atoms with Crippen molar-refractivity contribution in [1.29, 1.82) is 0 Å². The van der Waals surface area contributed by atoms with E-state index in [0.29, 0.717) is 6.04 Å². The average Bonchev–Trinajstić information content (AvgIpc) is 2.49. The molecule has 1 atom stereocenters. The molecule has 1 aromatic heterocycles. The van der Waals surface area contributed by atoms with Crippen LogP contribution in [0.4, 0.5) is 0 Å². The molecular weight excluding hydrogens is 174 g/mol. The van der Waals surface area contributed by atoms with Crippen LogP contribution in [0.1, 0.15) is 37.9 Å². The maximum absolute atomic E-state index is 4.23. The van der Waals surface area contributed by atoms with E-state index in [1.54, 1.807) is 0 Å². The van der Waals surface area contributed by atoms with Crippen LogP contribution in [0, 0.1) is 5.92 Å². The van der Waals surface area contributed by atoms with Crippen LogP contribution in [0.5, 0.6) is 0 Å². The normalized spacial score (nSPS) is 19.3. The molecule has 0 aliphatic heterocycles. The molecule has 1 unspecified atom stereocenters. The van der Waals surface area contributed by atoms with E-state index in [-0.39, 0.29) is 0 Å². The highest BCUT2D eigenvalue weighted by atomic mass is 15.1. The van der Waals surface area contributed by atoms with Crippen molar-refractivity contribution < 1.29 is 0 Å². The van der Waals surface area contributed by atoms with Gasteiger partial charge in [-0.25, -0.2) is 4.98 Å². The molecule has 14 heavy (non-hydrogen) atoms. The van der Waals surface area contributed by atoms with E-state index in [4.69, 9.17) is 0 Å². The molecule has 1 N–H and O–H groups in total. The van der Waals surface area contributed by atoms with E-state index in [9.17, 15) is 0 Å². The van der Waals surface area contributed by atoms with Crippen LogP contribution in [0.3, 0.4) is 0 Å². The Morgan fingerprint density at radius 1 is 1.64 bits per heavy atom. The Morgan fingerprint density at radius 3 is 3.00 bits per heavy atom. The topological polar surface area (TPSA) is 29.9 Å². The van der Waals surface area contributed by atoms with Crippen molar-refractivity contribution >= 4 is 0 Å². The summed E-state index contributed by atoms with van der Waals surface area (Å²) in [4.78, 5) is 4.23. The minimum Gasteiger partial charge on any atom is -0.330 e. The second-order valence-electron chi connectivity index (χ2n) is 4.25. The van der Waals surface area contributed by atoms with Gasteiger partial charge in [-0.1, -0.05) is 6.42 Å². The smallest absolute Gasteiger partial charge is 0.0951 e. The third-order valence-electron chi connectivity index (χ3n) is 3.37. The summed E-state index contributed by atoms with van der Waals surface area (Å²) in [7, 11) is 1.98. The fourth-order valence-electron chi connectivity index (χ4n) is 2.17. The number of imidazole rings is 1. The van der Waals surface area contributed by atoms with Gasteiger partial charge in [0.25, 0.3) is 0 Å². The Morgan fingerprint density at radius 2 is 2.43 bits per heavy atom. The molecule has 1 fully saturated rings. The standard InChI is InChI=1S/C11H19N3/c1-9(10-4-3-5-10)14-8-13-7-11(14)6-12-2/h7-10,12H,3-6H2,1-2H3. The lowest BCUT2D eigenvalue weighted by molar-refractivity contribution is 0.219. The van der Waals surface area contributed by atoms with Crippen molar-refractivity contribution in [3.63, 3.8) is 0 Å². The molecule has 0 amide bonds. The molecule has 0 spiro atoms. The molecule has 1 aliphatic carbocycles. The van der Waals surface area contributed by atoms with E-state index in [1.165, 1.54) is 25.0 Å². The summed E-state index contributed by atoms with van der Waals surface area (Å²) in [5.74, 6) is 0.875. The predicted molar refractivity (Wildman–Crippen MR) is 57.0 cm³/mol. The molecule has 2 rings (SSSR count). The Hall–Kier alpha value is -0.830. The molecule has 0 bridgehead atoms. The number of hydrogen-bond donors (Lipinski definition) is 1. The van der Waals surface area contributed by atoms with Gasteiger partial charge in [-0.15, -0.1) is 0 Å². The van der Waals surface area contributed by atoms with Gasteiger partial charge in [-0.2, -0.15) is 0 Å². The number of aromatic nitrogens is 2. The van der Waals surface area contributed by atoms with Crippen LogP contribution in [0.25, 0.3) is 0 Å². The van der Waals surface area contributed by atoms with E-state index >= 15 is 0 Å². The van der Waals surface area contributed by atoms with Gasteiger partial charge >= 0.3 is 0 Å². The zero-order valence-corrected chi connectivity index (χ0v) is 9.03. The first-order valence-electron chi connectivity index (χ1n) is 5.48. The summed E-state index contributed by atoms with van der Waals surface area (Å²) < 4.78 is 2.32. The maximum atomic E-state index is 4.23. The Kier molecular flexibility index (Phi) is 2.87. The van der Waals surface area contributed by atoms with Crippen LogP contribution in [-0.4, -0.2) is 16.6 Å². The van der Waals surface area contributed by atoms with Crippen LogP contribution < -0.4 is 5.32 Å². The van der Waals surface area contributed by atoms with E-state index in [2.05, 4.69) is 21.8 Å². The average molecular weight is 193 g/mol. The lowest BCUT2D eigenvalue weighted by Crippen LogP contribution is -2.24. The highest BCUT2D eigenvalue weighted by Crippen LogP contribution is 2.36. The van der Waals surface area contributed by atoms with Gasteiger partial charge in [0.05, 0.1) is 12.0 Å². The quantitative estimate of drug-likeness (QED) is 0.792. The molecule has 1 aliphatic rings. The van der Waals surface area contributed by atoms with Gasteiger partial charge < -0.3 is 9.88 Å². The zero-order valence-electron chi connectivity index (χ0n) is 9.03. The summed E-state index contributed by atoms with van der Waals surface area (Å²) in [6, 6.07) is 0.620. The monoisotopic (exact) mass is 193 g/mol. The van der Waals surface area contributed by atoms with Crippen molar-refractivity contribution in [2.45, 2.75) is 38.8 Å². The number of rotatable bonds is 4. The molecule has 1 heterocycles. The first-order valence-corrected chi connectivity index (χ1v) is 5.48. The van der Waals surface area contributed by atoms with E-state index in [0.717, 1.165) is 12.5 Å². The first kappa shape index (κ1) is 9.71. The van der Waals surface area contributed by atoms with E-state index in [1.807, 2.05) is 19.6 Å². The first-order chi connectivity index (χ1) is 6.83. The summed E-state index contributed by atoms with van der Waals surface area (Å²) in [5.41, 5.74) is 1.30. The molecule has 78 valence electrons. The molecule has 1 saturated carbocycles. The fraction of sp³-hybridized carbons (Fsp3) is 0.727. The van der Waals surface area contributed by atoms with Gasteiger partial charge in [0, 0.05) is 18.8 Å². The minimum absolute atomic E-state index is 0.620. The second kappa shape index (κ2) is 4.13. The summed E-state index contributed by atoms with van der Waals surface area (Å²) >= 11 is 0. The third-order valence-corrected chi connectivity index (χ3v) is 3.37. The molecular formula is C11H19N3. The fourth-order valence-corrected chi connectivity index (χ4v) is 2.17. The molecule has 3 heteroatoms. The Balaban J connectivity index is 2.09. The SMILES string of the molecule is CNCc1cncn1C(C)C1CCC1. The van der Waals surface area contributed by atoms with Crippen molar-refractivity contribution in [3.8, 4) is 0 Å². The minimum atomic E-state index is 0.620. The van der Waals surface area contributed by atoms with Gasteiger partial charge in [-0.3, -0.25) is 0 Å². The lowest BCUT2D eigenvalue weighted by Gasteiger charge is -2.33. The molecule has 3 nitrogen and oxygen atoms in total. The van der Waals surface area contributed by atoms with Gasteiger partial charge in [0.1, 0.15) is 0 Å². The third kappa shape index (κ3) is 1.69. The summed E-state index contributed by atoms with van der Waals surface area (Å²) in [5, 5.41) is 3.18. The lowest BCUT2D eigenvalue weighted by atomic mass is 9.80. The van der Waals surface area contributed by atoms with Crippen molar-refractivity contribution in [2.24, 2.45) is 5.92 Å². The summed E-state index contributed by atoms with van der Waals surface area (Å²) in [6.45, 7) is 3.22. The highest BCUT2D eigenvalue weighted by Gasteiger charge is 2.25.